The van der Waals surface area contributed by atoms with E-state index < -0.39 is 5.60 Å². The number of aromatic amines is 1. The van der Waals surface area contributed by atoms with Crippen molar-refractivity contribution in [2.24, 2.45) is 0 Å². The Balaban J connectivity index is 1.23. The second-order valence-corrected chi connectivity index (χ2v) is 7.51. The van der Waals surface area contributed by atoms with Gasteiger partial charge in [0, 0.05) is 54.7 Å². The highest BCUT2D eigenvalue weighted by Gasteiger charge is 2.34. The lowest BCUT2D eigenvalue weighted by atomic mass is 9.85. The summed E-state index contributed by atoms with van der Waals surface area (Å²) >= 11 is 0. The average molecular weight is 378 g/mol. The van der Waals surface area contributed by atoms with Crippen molar-refractivity contribution >= 4 is 16.8 Å². The van der Waals surface area contributed by atoms with Gasteiger partial charge in [-0.1, -0.05) is 24.3 Å². The molecule has 0 saturated carbocycles. The summed E-state index contributed by atoms with van der Waals surface area (Å²) in [5.74, 6) is 0.0339. The van der Waals surface area contributed by atoms with Crippen LogP contribution in [0.5, 0.6) is 0 Å². The minimum absolute atomic E-state index is 0.0339. The second-order valence-electron chi connectivity index (χ2n) is 7.51. The van der Waals surface area contributed by atoms with Gasteiger partial charge in [-0.3, -0.25) is 14.7 Å². The lowest BCUT2D eigenvalue weighted by Crippen LogP contribution is -2.46. The molecule has 1 amide bonds. The molecule has 1 saturated heterocycles. The number of piperidine rings is 1. The summed E-state index contributed by atoms with van der Waals surface area (Å²) in [6.07, 6.45) is 7.48. The van der Waals surface area contributed by atoms with Gasteiger partial charge >= 0.3 is 0 Å². The van der Waals surface area contributed by atoms with E-state index in [9.17, 15) is 9.90 Å². The Morgan fingerprint density at radius 3 is 2.82 bits per heavy atom. The maximum Gasteiger partial charge on any atom is 0.234 e. The van der Waals surface area contributed by atoms with Crippen LogP contribution in [0.15, 0.2) is 55.0 Å². The van der Waals surface area contributed by atoms with Crippen LogP contribution in [0.1, 0.15) is 24.0 Å². The van der Waals surface area contributed by atoms with Crippen LogP contribution in [-0.4, -0.2) is 52.1 Å². The third-order valence-corrected chi connectivity index (χ3v) is 5.64. The number of carbonyl (C=O) groups is 1. The second kappa shape index (κ2) is 8.12. The van der Waals surface area contributed by atoms with Gasteiger partial charge in [-0.15, -0.1) is 0 Å². The first-order valence-electron chi connectivity index (χ1n) is 9.81. The van der Waals surface area contributed by atoms with E-state index in [1.54, 1.807) is 12.4 Å². The van der Waals surface area contributed by atoms with E-state index in [1.807, 2.05) is 30.5 Å². The molecule has 3 heterocycles. The monoisotopic (exact) mass is 378 g/mol. The van der Waals surface area contributed by atoms with Crippen LogP contribution in [0, 0.1) is 0 Å². The number of aromatic nitrogens is 2. The van der Waals surface area contributed by atoms with Crippen molar-refractivity contribution in [2.45, 2.75) is 24.9 Å². The first kappa shape index (κ1) is 18.7. The van der Waals surface area contributed by atoms with E-state index in [1.165, 1.54) is 10.9 Å². The van der Waals surface area contributed by atoms with Gasteiger partial charge in [-0.25, -0.2) is 0 Å². The molecule has 1 aliphatic rings. The van der Waals surface area contributed by atoms with Gasteiger partial charge in [0.05, 0.1) is 12.1 Å². The van der Waals surface area contributed by atoms with Gasteiger partial charge in [-0.2, -0.15) is 0 Å². The highest BCUT2D eigenvalue weighted by molar-refractivity contribution is 5.83. The molecule has 1 fully saturated rings. The Labute approximate surface area is 164 Å². The maximum absolute atomic E-state index is 12.3. The van der Waals surface area contributed by atoms with Gasteiger partial charge in [0.1, 0.15) is 0 Å². The van der Waals surface area contributed by atoms with E-state index >= 15 is 0 Å². The van der Waals surface area contributed by atoms with Crippen LogP contribution in [0.3, 0.4) is 0 Å². The van der Waals surface area contributed by atoms with Crippen molar-refractivity contribution in [3.8, 4) is 0 Å². The number of rotatable bonds is 6. The van der Waals surface area contributed by atoms with Gasteiger partial charge in [0.25, 0.3) is 0 Å². The molecular weight excluding hydrogens is 352 g/mol. The van der Waals surface area contributed by atoms with E-state index in [2.05, 4.69) is 32.3 Å². The molecule has 3 N–H and O–H groups in total. The number of carbonyl (C=O) groups excluding carboxylic acids is 1. The Morgan fingerprint density at radius 2 is 2.04 bits per heavy atom. The van der Waals surface area contributed by atoms with Crippen LogP contribution in [-0.2, 0) is 16.8 Å². The van der Waals surface area contributed by atoms with Crippen molar-refractivity contribution in [1.29, 1.82) is 0 Å². The Hall–Kier alpha value is -2.70. The molecule has 3 aromatic rings. The summed E-state index contributed by atoms with van der Waals surface area (Å²) < 4.78 is 0. The number of hydrogen-bond acceptors (Lipinski definition) is 4. The molecule has 1 aliphatic heterocycles. The topological polar surface area (TPSA) is 81.2 Å². The Bertz CT molecular complexity index is 930. The summed E-state index contributed by atoms with van der Waals surface area (Å²) in [5.41, 5.74) is 2.36. The third kappa shape index (κ3) is 4.08. The molecule has 0 bridgehead atoms. The summed E-state index contributed by atoms with van der Waals surface area (Å²) in [6.45, 7) is 2.38. The van der Waals surface area contributed by atoms with Crippen LogP contribution in [0.4, 0.5) is 0 Å². The lowest BCUT2D eigenvalue weighted by molar-refractivity contribution is -0.123. The molecule has 28 heavy (non-hydrogen) atoms. The highest BCUT2D eigenvalue weighted by atomic mass is 16.3. The van der Waals surface area contributed by atoms with Crippen LogP contribution < -0.4 is 5.32 Å². The van der Waals surface area contributed by atoms with E-state index in [0.717, 1.165) is 17.5 Å². The van der Waals surface area contributed by atoms with E-state index in [0.29, 0.717) is 39.0 Å². The average Bonchev–Trinajstić information content (AvgIpc) is 3.14. The zero-order valence-corrected chi connectivity index (χ0v) is 15.9. The SMILES string of the molecule is O=C(CN1CCC(O)(c2cccnc2)CC1)NCCc1c[nH]c2ccccc12. The number of amides is 1. The normalized spacial score (nSPS) is 16.9. The van der Waals surface area contributed by atoms with Gasteiger partial charge < -0.3 is 15.4 Å². The predicted molar refractivity (Wildman–Crippen MR) is 109 cm³/mol. The molecule has 1 aromatic carbocycles. The molecule has 6 nitrogen and oxygen atoms in total. The zero-order chi connectivity index (χ0) is 19.4. The summed E-state index contributed by atoms with van der Waals surface area (Å²) in [4.78, 5) is 21.8. The van der Waals surface area contributed by atoms with Crippen molar-refractivity contribution in [1.82, 2.24) is 20.2 Å². The number of aliphatic hydroxyl groups is 1. The number of para-hydroxylation sites is 1. The first-order chi connectivity index (χ1) is 13.6. The number of nitrogens with one attached hydrogen (secondary N) is 2. The number of nitrogens with zero attached hydrogens (tertiary/aromatic N) is 2. The third-order valence-electron chi connectivity index (χ3n) is 5.64. The molecule has 0 unspecified atom stereocenters. The van der Waals surface area contributed by atoms with Crippen molar-refractivity contribution in [3.05, 3.63) is 66.1 Å². The minimum Gasteiger partial charge on any atom is -0.385 e. The number of benzene rings is 1. The molecule has 0 atom stereocenters. The lowest BCUT2D eigenvalue weighted by Gasteiger charge is -2.38. The largest absolute Gasteiger partial charge is 0.385 e. The fourth-order valence-electron chi connectivity index (χ4n) is 3.94. The van der Waals surface area contributed by atoms with Crippen LogP contribution in [0.2, 0.25) is 0 Å². The maximum atomic E-state index is 12.3. The van der Waals surface area contributed by atoms with Crippen LogP contribution >= 0.6 is 0 Å². The summed E-state index contributed by atoms with van der Waals surface area (Å²) in [6, 6.07) is 12.0. The van der Waals surface area contributed by atoms with Gasteiger partial charge in [0.15, 0.2) is 0 Å². The molecule has 6 heteroatoms. The molecule has 2 aromatic heterocycles. The van der Waals surface area contributed by atoms with Crippen molar-refractivity contribution in [2.75, 3.05) is 26.2 Å². The smallest absolute Gasteiger partial charge is 0.234 e. The fraction of sp³-hybridized carbons (Fsp3) is 0.364. The standard InChI is InChI=1S/C22H26N4O2/c27-21(24-11-7-17-14-25-20-6-2-1-5-19(17)20)16-26-12-8-22(28,9-13-26)18-4-3-10-23-15-18/h1-6,10,14-15,25,28H,7-9,11-13,16H2,(H,24,27). The fourth-order valence-corrected chi connectivity index (χ4v) is 3.94. The molecule has 0 radical (unpaired) electrons. The summed E-state index contributed by atoms with van der Waals surface area (Å²) in [5, 5.41) is 15.1. The van der Waals surface area contributed by atoms with Crippen molar-refractivity contribution in [3.63, 3.8) is 0 Å². The molecule has 0 spiro atoms. The van der Waals surface area contributed by atoms with Crippen LogP contribution in [0.25, 0.3) is 10.9 Å². The molecular formula is C22H26N4O2. The first-order valence-corrected chi connectivity index (χ1v) is 9.81. The predicted octanol–water partition coefficient (Wildman–Crippen LogP) is 2.21. The number of pyridine rings is 1. The quantitative estimate of drug-likeness (QED) is 0.614. The Kier molecular flexibility index (Phi) is 5.41. The van der Waals surface area contributed by atoms with Gasteiger partial charge in [-0.05, 0) is 37.0 Å². The zero-order valence-electron chi connectivity index (χ0n) is 15.9. The minimum atomic E-state index is -0.837. The van der Waals surface area contributed by atoms with E-state index in [-0.39, 0.29) is 5.91 Å². The van der Waals surface area contributed by atoms with E-state index in [4.69, 9.17) is 0 Å². The van der Waals surface area contributed by atoms with Crippen molar-refractivity contribution < 1.29 is 9.90 Å². The Morgan fingerprint density at radius 1 is 1.21 bits per heavy atom. The number of likely N-dealkylation sites (tertiary alicyclic amines) is 1. The number of hydrogen-bond donors (Lipinski definition) is 3. The van der Waals surface area contributed by atoms with Gasteiger partial charge in [0.2, 0.25) is 5.91 Å². The number of H-pyrrole nitrogens is 1. The summed E-state index contributed by atoms with van der Waals surface area (Å²) in [7, 11) is 0. The number of fused-ring (bicyclic) bond motifs is 1. The molecule has 4 rings (SSSR count). The molecule has 0 aliphatic carbocycles. The highest BCUT2D eigenvalue weighted by Crippen LogP contribution is 2.32. The molecule has 146 valence electrons.